The van der Waals surface area contributed by atoms with Crippen molar-refractivity contribution in [3.05, 3.63) is 0 Å². The summed E-state index contributed by atoms with van der Waals surface area (Å²) in [6, 6.07) is 0. The molecule has 0 aromatic rings. The predicted octanol–water partition coefficient (Wildman–Crippen LogP) is -0.198. The van der Waals surface area contributed by atoms with Gasteiger partial charge in [0.1, 0.15) is 0 Å². The van der Waals surface area contributed by atoms with Gasteiger partial charge in [0.05, 0.1) is 5.75 Å². The Bertz CT molecular complexity index is 164. The molecule has 0 heterocycles. The van der Waals surface area contributed by atoms with Gasteiger partial charge in [0.2, 0.25) is 0 Å². The number of hydrogen-bond donors (Lipinski definition) is 3. The fourth-order valence-corrected chi connectivity index (χ4v) is 1.40. The van der Waals surface area contributed by atoms with Crippen molar-refractivity contribution < 1.29 is 13.0 Å². The van der Waals surface area contributed by atoms with Gasteiger partial charge in [-0.3, -0.25) is 4.55 Å². The zero-order chi connectivity index (χ0) is 7.49. The molecule has 0 aromatic carbocycles. The molecule has 0 unspecified atom stereocenters. The Morgan fingerprint density at radius 2 is 1.80 bits per heavy atom. The average Bonchev–Trinajstić information content (AvgIpc) is 1.59. The van der Waals surface area contributed by atoms with Gasteiger partial charge in [0.25, 0.3) is 10.1 Å². The molecule has 10 heavy (non-hydrogen) atoms. The quantitative estimate of drug-likeness (QED) is 0.263. The van der Waals surface area contributed by atoms with Gasteiger partial charge in [-0.05, 0) is 6.42 Å². The second kappa shape index (κ2) is 6.16. The molecule has 0 saturated heterocycles. The standard InChI is InChI=1S/C3H8O3S3.Na.H/c4-9(5,6)2-1-3(7)8;;/h3,7-8H,1-2H2,(H,4,5,6);;. The van der Waals surface area contributed by atoms with E-state index < -0.39 is 10.1 Å². The van der Waals surface area contributed by atoms with Crippen molar-refractivity contribution in [2.45, 2.75) is 11.0 Å². The van der Waals surface area contributed by atoms with Crippen molar-refractivity contribution in [3.8, 4) is 0 Å². The van der Waals surface area contributed by atoms with Crippen LogP contribution in [0, 0.1) is 0 Å². The summed E-state index contributed by atoms with van der Waals surface area (Å²) in [6.07, 6.45) is 0.255. The maximum atomic E-state index is 10.0. The molecule has 0 aliphatic rings. The van der Waals surface area contributed by atoms with E-state index >= 15 is 0 Å². The molecule has 3 nitrogen and oxygen atoms in total. The summed E-state index contributed by atoms with van der Waals surface area (Å²) in [5.74, 6) is -0.273. The van der Waals surface area contributed by atoms with E-state index in [0.29, 0.717) is 0 Å². The minimum atomic E-state index is -3.82. The predicted molar refractivity (Wildman–Crippen MR) is 49.9 cm³/mol. The van der Waals surface area contributed by atoms with Crippen LogP contribution in [0.4, 0.5) is 0 Å². The Balaban J connectivity index is 0. The van der Waals surface area contributed by atoms with Crippen LogP contribution in [0.5, 0.6) is 0 Å². The molecular formula is C3H9NaO3S3. The van der Waals surface area contributed by atoms with E-state index in [1.165, 1.54) is 0 Å². The fraction of sp³-hybridized carbons (Fsp3) is 1.00. The molecule has 0 amide bonds. The third-order valence-electron chi connectivity index (χ3n) is 0.634. The Labute approximate surface area is 93.8 Å². The van der Waals surface area contributed by atoms with Gasteiger partial charge in [-0.1, -0.05) is 0 Å². The first-order valence-electron chi connectivity index (χ1n) is 2.23. The van der Waals surface area contributed by atoms with Crippen LogP contribution in [-0.4, -0.2) is 52.9 Å². The third-order valence-corrected chi connectivity index (χ3v) is 1.90. The summed E-state index contributed by atoms with van der Waals surface area (Å²) < 4.78 is 27.9. The van der Waals surface area contributed by atoms with Crippen LogP contribution < -0.4 is 0 Å². The summed E-state index contributed by atoms with van der Waals surface area (Å²) in [5.41, 5.74) is 0. The van der Waals surface area contributed by atoms with Crippen molar-refractivity contribution in [1.82, 2.24) is 0 Å². The topological polar surface area (TPSA) is 54.4 Å². The zero-order valence-electron chi connectivity index (χ0n) is 4.56. The van der Waals surface area contributed by atoms with Crippen LogP contribution in [0.1, 0.15) is 6.42 Å². The Kier molecular flexibility index (Phi) is 8.72. The molecule has 0 aromatic heterocycles. The van der Waals surface area contributed by atoms with Crippen LogP contribution in [0.25, 0.3) is 0 Å². The summed E-state index contributed by atoms with van der Waals surface area (Å²) in [7, 11) is -3.82. The van der Waals surface area contributed by atoms with E-state index in [2.05, 4.69) is 25.3 Å². The first-order chi connectivity index (χ1) is 3.92. The molecule has 0 atom stereocenters. The summed E-state index contributed by atoms with van der Waals surface area (Å²) in [5, 5.41) is 0. The summed E-state index contributed by atoms with van der Waals surface area (Å²) in [6.45, 7) is 0. The molecule has 0 bridgehead atoms. The molecule has 0 saturated carbocycles. The Morgan fingerprint density at radius 3 is 1.90 bits per heavy atom. The first-order valence-corrected chi connectivity index (χ1v) is 4.87. The van der Waals surface area contributed by atoms with E-state index in [-0.39, 0.29) is 46.3 Å². The second-order valence-corrected chi connectivity index (χ2v) is 4.78. The van der Waals surface area contributed by atoms with Crippen LogP contribution >= 0.6 is 25.3 Å². The van der Waals surface area contributed by atoms with E-state index in [0.717, 1.165) is 0 Å². The monoisotopic (exact) mass is 212 g/mol. The molecule has 0 aliphatic carbocycles. The van der Waals surface area contributed by atoms with E-state index in [1.807, 2.05) is 0 Å². The minimum absolute atomic E-state index is 0. The van der Waals surface area contributed by atoms with Crippen molar-refractivity contribution in [2.75, 3.05) is 5.75 Å². The van der Waals surface area contributed by atoms with Gasteiger partial charge in [0.15, 0.2) is 0 Å². The van der Waals surface area contributed by atoms with Crippen LogP contribution in [0.15, 0.2) is 0 Å². The summed E-state index contributed by atoms with van der Waals surface area (Å²) in [4.78, 5) is 0. The van der Waals surface area contributed by atoms with Gasteiger partial charge in [0, 0.05) is 4.58 Å². The Morgan fingerprint density at radius 1 is 1.40 bits per heavy atom. The van der Waals surface area contributed by atoms with Gasteiger partial charge >= 0.3 is 29.6 Å². The second-order valence-electron chi connectivity index (χ2n) is 1.56. The van der Waals surface area contributed by atoms with Crippen LogP contribution in [0.3, 0.4) is 0 Å². The Hall–Kier alpha value is 1.61. The average molecular weight is 212 g/mol. The normalized spacial score (nSPS) is 11.2. The van der Waals surface area contributed by atoms with Gasteiger partial charge in [-0.15, -0.1) is 0 Å². The summed E-state index contributed by atoms with van der Waals surface area (Å²) >= 11 is 7.60. The first kappa shape index (κ1) is 14.2. The van der Waals surface area contributed by atoms with Gasteiger partial charge < -0.3 is 0 Å². The molecule has 0 rings (SSSR count). The SMILES string of the molecule is O=S(=O)(O)CCC(S)S.[NaH]. The van der Waals surface area contributed by atoms with Crippen molar-refractivity contribution >= 4 is 64.9 Å². The molecule has 0 aliphatic heterocycles. The van der Waals surface area contributed by atoms with Gasteiger partial charge in [-0.2, -0.15) is 33.7 Å². The molecule has 58 valence electrons. The van der Waals surface area contributed by atoms with Crippen LogP contribution in [-0.2, 0) is 10.1 Å². The van der Waals surface area contributed by atoms with Crippen LogP contribution in [0.2, 0.25) is 0 Å². The van der Waals surface area contributed by atoms with Crippen molar-refractivity contribution in [2.24, 2.45) is 0 Å². The molecule has 1 N–H and O–H groups in total. The van der Waals surface area contributed by atoms with E-state index in [9.17, 15) is 8.42 Å². The van der Waals surface area contributed by atoms with E-state index in [1.54, 1.807) is 0 Å². The number of hydrogen-bond acceptors (Lipinski definition) is 4. The fourth-order valence-electron chi connectivity index (χ4n) is 0.254. The molecule has 0 spiro atoms. The third kappa shape index (κ3) is 12.3. The number of thiol groups is 2. The molecule has 0 fully saturated rings. The molecular weight excluding hydrogens is 203 g/mol. The van der Waals surface area contributed by atoms with Gasteiger partial charge in [-0.25, -0.2) is 0 Å². The number of rotatable bonds is 3. The van der Waals surface area contributed by atoms with Crippen molar-refractivity contribution in [1.29, 1.82) is 0 Å². The van der Waals surface area contributed by atoms with Crippen molar-refractivity contribution in [3.63, 3.8) is 0 Å². The zero-order valence-corrected chi connectivity index (χ0v) is 7.16. The maximum absolute atomic E-state index is 10.0. The molecule has 7 heteroatoms. The molecule has 0 radical (unpaired) electrons. The van der Waals surface area contributed by atoms with E-state index in [4.69, 9.17) is 4.55 Å².